The van der Waals surface area contributed by atoms with Crippen LogP contribution in [0.4, 0.5) is 16.2 Å². The number of Topliss-reactive ketones (excluding diaryl/α,β-unsaturated/α-hetero) is 1. The Labute approximate surface area is 143 Å². The molecule has 124 valence electrons. The molecule has 1 aromatic carbocycles. The second-order valence-corrected chi connectivity index (χ2v) is 6.21. The van der Waals surface area contributed by atoms with Crippen molar-refractivity contribution in [3.05, 3.63) is 46.7 Å². The molecule has 1 aliphatic rings. The van der Waals surface area contributed by atoms with Crippen molar-refractivity contribution in [2.45, 2.75) is 12.8 Å². The molecule has 1 N–H and O–H groups in total. The van der Waals surface area contributed by atoms with Gasteiger partial charge >= 0.3 is 6.09 Å². The number of ether oxygens (including phenoxy) is 1. The summed E-state index contributed by atoms with van der Waals surface area (Å²) in [6, 6.07) is 10.6. The summed E-state index contributed by atoms with van der Waals surface area (Å²) in [5.41, 5.74) is 1.26. The molecule has 1 aliphatic heterocycles. The van der Waals surface area contributed by atoms with Gasteiger partial charge in [-0.2, -0.15) is 0 Å². The highest BCUT2D eigenvalue weighted by Gasteiger charge is 2.23. The molecule has 0 bridgehead atoms. The molecule has 0 atom stereocenters. The first kappa shape index (κ1) is 16.2. The Morgan fingerprint density at radius 2 is 2.08 bits per heavy atom. The lowest BCUT2D eigenvalue weighted by Crippen LogP contribution is -2.23. The Morgan fingerprint density at radius 3 is 2.79 bits per heavy atom. The number of cyclic esters (lactones) is 1. The van der Waals surface area contributed by atoms with E-state index in [-0.39, 0.29) is 30.6 Å². The van der Waals surface area contributed by atoms with Gasteiger partial charge in [0, 0.05) is 24.2 Å². The molecule has 24 heavy (non-hydrogen) atoms. The molecule has 7 heteroatoms. The summed E-state index contributed by atoms with van der Waals surface area (Å²) < 4.78 is 4.90. The second-order valence-electron chi connectivity index (χ2n) is 5.26. The van der Waals surface area contributed by atoms with Crippen LogP contribution in [0.15, 0.2) is 41.8 Å². The lowest BCUT2D eigenvalue weighted by atomic mass is 10.2. The van der Waals surface area contributed by atoms with E-state index >= 15 is 0 Å². The monoisotopic (exact) mass is 344 g/mol. The molecule has 3 rings (SSSR count). The summed E-state index contributed by atoms with van der Waals surface area (Å²) >= 11 is 1.37. The zero-order valence-corrected chi connectivity index (χ0v) is 13.7. The van der Waals surface area contributed by atoms with E-state index < -0.39 is 0 Å². The Kier molecular flexibility index (Phi) is 4.90. The van der Waals surface area contributed by atoms with Crippen LogP contribution in [-0.4, -0.2) is 30.9 Å². The fourth-order valence-corrected chi connectivity index (χ4v) is 3.08. The molecule has 2 amide bonds. The van der Waals surface area contributed by atoms with Crippen LogP contribution < -0.4 is 10.2 Å². The zero-order chi connectivity index (χ0) is 16.9. The quantitative estimate of drug-likeness (QED) is 0.816. The van der Waals surface area contributed by atoms with Gasteiger partial charge in [-0.05, 0) is 29.6 Å². The number of hydrogen-bond donors (Lipinski definition) is 1. The van der Waals surface area contributed by atoms with Gasteiger partial charge in [0.2, 0.25) is 5.91 Å². The molecule has 0 radical (unpaired) electrons. The summed E-state index contributed by atoms with van der Waals surface area (Å²) in [5.74, 6) is -0.269. The van der Waals surface area contributed by atoms with Crippen LogP contribution in [0.2, 0.25) is 0 Å². The lowest BCUT2D eigenvalue weighted by molar-refractivity contribution is -0.116. The molecular formula is C17H16N2O4S. The minimum Gasteiger partial charge on any atom is -0.447 e. The van der Waals surface area contributed by atoms with Gasteiger partial charge in [0.25, 0.3) is 0 Å². The number of hydrogen-bond acceptors (Lipinski definition) is 5. The first-order valence-electron chi connectivity index (χ1n) is 7.54. The number of carbonyl (C=O) groups excluding carboxylic acids is 3. The van der Waals surface area contributed by atoms with Crippen LogP contribution in [0, 0.1) is 0 Å². The summed E-state index contributed by atoms with van der Waals surface area (Å²) in [4.78, 5) is 37.7. The van der Waals surface area contributed by atoms with Crippen LogP contribution in [0.1, 0.15) is 22.5 Å². The number of anilines is 2. The minimum absolute atomic E-state index is 0.0336. The molecule has 0 unspecified atom stereocenters. The largest absolute Gasteiger partial charge is 0.447 e. The van der Waals surface area contributed by atoms with Crippen molar-refractivity contribution in [2.75, 3.05) is 23.4 Å². The number of carbonyl (C=O) groups is 3. The van der Waals surface area contributed by atoms with Gasteiger partial charge in [-0.25, -0.2) is 4.79 Å². The maximum atomic E-state index is 12.0. The van der Waals surface area contributed by atoms with E-state index in [0.717, 1.165) is 0 Å². The van der Waals surface area contributed by atoms with Crippen molar-refractivity contribution < 1.29 is 19.1 Å². The number of ketones is 1. The highest BCUT2D eigenvalue weighted by Crippen LogP contribution is 2.22. The van der Waals surface area contributed by atoms with Crippen molar-refractivity contribution in [2.24, 2.45) is 0 Å². The predicted molar refractivity (Wildman–Crippen MR) is 91.6 cm³/mol. The normalized spacial score (nSPS) is 13.7. The minimum atomic E-state index is -0.389. The van der Waals surface area contributed by atoms with Crippen LogP contribution in [-0.2, 0) is 9.53 Å². The van der Waals surface area contributed by atoms with Crippen molar-refractivity contribution in [1.82, 2.24) is 0 Å². The van der Waals surface area contributed by atoms with E-state index in [1.54, 1.807) is 30.3 Å². The smallest absolute Gasteiger partial charge is 0.414 e. The van der Waals surface area contributed by atoms with Gasteiger partial charge in [0.15, 0.2) is 5.78 Å². The van der Waals surface area contributed by atoms with Crippen molar-refractivity contribution >= 4 is 40.5 Å². The lowest BCUT2D eigenvalue weighted by Gasteiger charge is -2.14. The number of thiophene rings is 1. The van der Waals surface area contributed by atoms with Gasteiger partial charge in [-0.3, -0.25) is 14.5 Å². The fraction of sp³-hybridized carbons (Fsp3) is 0.235. The van der Waals surface area contributed by atoms with Gasteiger partial charge in [-0.15, -0.1) is 11.3 Å². The van der Waals surface area contributed by atoms with E-state index in [0.29, 0.717) is 29.4 Å². The van der Waals surface area contributed by atoms with Gasteiger partial charge in [-0.1, -0.05) is 12.1 Å². The third kappa shape index (κ3) is 3.80. The molecule has 2 aromatic rings. The molecule has 1 fully saturated rings. The van der Waals surface area contributed by atoms with E-state index in [1.165, 1.54) is 16.2 Å². The second kappa shape index (κ2) is 7.27. The summed E-state index contributed by atoms with van der Waals surface area (Å²) in [6.07, 6.45) is -0.1000. The summed E-state index contributed by atoms with van der Waals surface area (Å²) in [6.45, 7) is 0.853. The van der Waals surface area contributed by atoms with Crippen LogP contribution in [0.5, 0.6) is 0 Å². The molecule has 0 aliphatic carbocycles. The van der Waals surface area contributed by atoms with E-state index in [1.807, 2.05) is 11.4 Å². The average Bonchev–Trinajstić information content (AvgIpc) is 3.24. The highest BCUT2D eigenvalue weighted by atomic mass is 32.1. The molecule has 6 nitrogen and oxygen atoms in total. The third-order valence-corrected chi connectivity index (χ3v) is 4.49. The molecule has 0 spiro atoms. The maximum Gasteiger partial charge on any atom is 0.414 e. The van der Waals surface area contributed by atoms with Crippen molar-refractivity contribution in [3.63, 3.8) is 0 Å². The zero-order valence-electron chi connectivity index (χ0n) is 12.9. The first-order valence-corrected chi connectivity index (χ1v) is 8.42. The number of rotatable bonds is 6. The van der Waals surface area contributed by atoms with Crippen molar-refractivity contribution in [1.29, 1.82) is 0 Å². The van der Waals surface area contributed by atoms with E-state index in [2.05, 4.69) is 5.32 Å². The first-order chi connectivity index (χ1) is 11.6. The Hall–Kier alpha value is -2.67. The van der Waals surface area contributed by atoms with E-state index in [9.17, 15) is 14.4 Å². The molecule has 1 saturated heterocycles. The van der Waals surface area contributed by atoms with E-state index in [4.69, 9.17) is 4.74 Å². The summed E-state index contributed by atoms with van der Waals surface area (Å²) in [5, 5.41) is 4.59. The number of benzene rings is 1. The van der Waals surface area contributed by atoms with Gasteiger partial charge < -0.3 is 10.1 Å². The van der Waals surface area contributed by atoms with Crippen LogP contribution in [0.25, 0.3) is 0 Å². The van der Waals surface area contributed by atoms with Crippen LogP contribution >= 0.6 is 11.3 Å². The third-order valence-electron chi connectivity index (χ3n) is 3.58. The average molecular weight is 344 g/mol. The fourth-order valence-electron chi connectivity index (χ4n) is 2.39. The van der Waals surface area contributed by atoms with Crippen molar-refractivity contribution in [3.8, 4) is 0 Å². The summed E-state index contributed by atoms with van der Waals surface area (Å²) in [7, 11) is 0. The SMILES string of the molecule is O=C(CCC(=O)c1cccs1)Nc1cccc(N2CCOC2=O)c1. The number of amides is 2. The predicted octanol–water partition coefficient (Wildman–Crippen LogP) is 3.31. The maximum absolute atomic E-state index is 12.0. The molecule has 1 aromatic heterocycles. The Morgan fingerprint density at radius 1 is 1.21 bits per heavy atom. The highest BCUT2D eigenvalue weighted by molar-refractivity contribution is 7.12. The molecular weight excluding hydrogens is 328 g/mol. The molecule has 2 heterocycles. The standard InChI is InChI=1S/C17H16N2O4S/c20-14(15-5-2-10-24-15)6-7-16(21)18-12-3-1-4-13(11-12)19-8-9-23-17(19)22/h1-5,10-11H,6-9H2,(H,18,21). The van der Waals surface area contributed by atoms with Gasteiger partial charge in [0.1, 0.15) is 6.61 Å². The number of nitrogens with one attached hydrogen (secondary N) is 1. The Balaban J connectivity index is 1.56. The topological polar surface area (TPSA) is 75.7 Å². The number of nitrogens with zero attached hydrogens (tertiary/aromatic N) is 1. The van der Waals surface area contributed by atoms with Crippen LogP contribution in [0.3, 0.4) is 0 Å². The van der Waals surface area contributed by atoms with Gasteiger partial charge in [0.05, 0.1) is 11.4 Å². The molecule has 0 saturated carbocycles. The Bertz CT molecular complexity index is 758.